The SMILES string of the molecule is CC(C)(C)c1ccc(NS(=O)(=O)c2ccc3c(c2)OCCO3)cc1. The van der Waals surface area contributed by atoms with Crippen LogP contribution in [0.4, 0.5) is 5.69 Å². The number of fused-ring (bicyclic) bond motifs is 1. The fourth-order valence-corrected chi connectivity index (χ4v) is 3.52. The Morgan fingerprint density at radius 2 is 1.54 bits per heavy atom. The molecule has 0 aromatic heterocycles. The van der Waals surface area contributed by atoms with Crippen molar-refractivity contribution >= 4 is 15.7 Å². The van der Waals surface area contributed by atoms with Gasteiger partial charge >= 0.3 is 0 Å². The number of rotatable bonds is 3. The minimum atomic E-state index is -3.68. The molecule has 1 aliphatic rings. The van der Waals surface area contributed by atoms with Crippen LogP contribution in [0.1, 0.15) is 26.3 Å². The zero-order valence-corrected chi connectivity index (χ0v) is 14.8. The largest absolute Gasteiger partial charge is 0.486 e. The number of anilines is 1. The van der Waals surface area contributed by atoms with Crippen molar-refractivity contribution in [3.8, 4) is 11.5 Å². The van der Waals surface area contributed by atoms with Gasteiger partial charge in [0.05, 0.1) is 4.90 Å². The van der Waals surface area contributed by atoms with Gasteiger partial charge in [-0.05, 0) is 35.2 Å². The van der Waals surface area contributed by atoms with Crippen LogP contribution in [0, 0.1) is 0 Å². The summed E-state index contributed by atoms with van der Waals surface area (Å²) < 4.78 is 38.6. The molecule has 5 nitrogen and oxygen atoms in total. The molecular formula is C18H21NO4S. The number of nitrogens with one attached hydrogen (secondary N) is 1. The van der Waals surface area contributed by atoms with E-state index in [9.17, 15) is 8.42 Å². The Morgan fingerprint density at radius 3 is 2.17 bits per heavy atom. The van der Waals surface area contributed by atoms with Crippen molar-refractivity contribution in [3.05, 3.63) is 48.0 Å². The Bertz CT molecular complexity index is 836. The molecule has 0 saturated heterocycles. The first kappa shape index (κ1) is 16.6. The van der Waals surface area contributed by atoms with Gasteiger partial charge in [0.1, 0.15) is 13.2 Å². The molecule has 2 aromatic carbocycles. The summed E-state index contributed by atoms with van der Waals surface area (Å²) in [6, 6.07) is 12.0. The fourth-order valence-electron chi connectivity index (χ4n) is 2.44. The minimum Gasteiger partial charge on any atom is -0.486 e. The summed E-state index contributed by atoms with van der Waals surface area (Å²) in [6.45, 7) is 7.22. The predicted octanol–water partition coefficient (Wildman–Crippen LogP) is 3.56. The van der Waals surface area contributed by atoms with Gasteiger partial charge in [-0.25, -0.2) is 8.42 Å². The first-order chi connectivity index (χ1) is 11.3. The molecule has 0 spiro atoms. The second-order valence-electron chi connectivity index (χ2n) is 6.74. The molecule has 128 valence electrons. The normalized spacial score (nSPS) is 14.3. The zero-order valence-electron chi connectivity index (χ0n) is 14.0. The minimum absolute atomic E-state index is 0.0211. The third-order valence-electron chi connectivity index (χ3n) is 3.83. The van der Waals surface area contributed by atoms with Crippen LogP contribution in [0.25, 0.3) is 0 Å². The van der Waals surface area contributed by atoms with E-state index >= 15 is 0 Å². The van der Waals surface area contributed by atoms with Crippen LogP contribution >= 0.6 is 0 Å². The van der Waals surface area contributed by atoms with Gasteiger partial charge in [-0.2, -0.15) is 0 Å². The van der Waals surface area contributed by atoms with Crippen molar-refractivity contribution in [1.29, 1.82) is 0 Å². The molecule has 0 bridgehead atoms. The van der Waals surface area contributed by atoms with E-state index in [0.717, 1.165) is 5.56 Å². The van der Waals surface area contributed by atoms with Gasteiger partial charge in [-0.1, -0.05) is 32.9 Å². The first-order valence-electron chi connectivity index (χ1n) is 7.79. The Kier molecular flexibility index (Phi) is 4.17. The molecule has 0 fully saturated rings. The topological polar surface area (TPSA) is 64.6 Å². The Hall–Kier alpha value is -2.21. The van der Waals surface area contributed by atoms with Crippen LogP contribution in [0.15, 0.2) is 47.4 Å². The summed E-state index contributed by atoms with van der Waals surface area (Å²) in [5, 5.41) is 0. The van der Waals surface area contributed by atoms with Crippen molar-refractivity contribution in [1.82, 2.24) is 0 Å². The molecule has 0 radical (unpaired) electrons. The van der Waals surface area contributed by atoms with Gasteiger partial charge in [-0.15, -0.1) is 0 Å². The highest BCUT2D eigenvalue weighted by molar-refractivity contribution is 7.92. The summed E-state index contributed by atoms with van der Waals surface area (Å²) in [6.07, 6.45) is 0. The highest BCUT2D eigenvalue weighted by Gasteiger charge is 2.20. The van der Waals surface area contributed by atoms with Gasteiger partial charge < -0.3 is 9.47 Å². The van der Waals surface area contributed by atoms with E-state index in [2.05, 4.69) is 25.5 Å². The predicted molar refractivity (Wildman–Crippen MR) is 93.4 cm³/mol. The van der Waals surface area contributed by atoms with E-state index in [0.29, 0.717) is 30.4 Å². The van der Waals surface area contributed by atoms with Crippen LogP contribution in [-0.2, 0) is 15.4 Å². The molecule has 1 N–H and O–H groups in total. The molecule has 0 unspecified atom stereocenters. The van der Waals surface area contributed by atoms with Crippen LogP contribution in [0.5, 0.6) is 11.5 Å². The molecule has 2 aromatic rings. The molecule has 3 rings (SSSR count). The third kappa shape index (κ3) is 3.48. The molecule has 0 amide bonds. The van der Waals surface area contributed by atoms with E-state index in [4.69, 9.17) is 9.47 Å². The van der Waals surface area contributed by atoms with Crippen molar-refractivity contribution in [2.24, 2.45) is 0 Å². The average Bonchev–Trinajstić information content (AvgIpc) is 2.53. The molecular weight excluding hydrogens is 326 g/mol. The zero-order chi connectivity index (χ0) is 17.4. The monoisotopic (exact) mass is 347 g/mol. The van der Waals surface area contributed by atoms with E-state index in [1.54, 1.807) is 18.2 Å². The summed E-state index contributed by atoms with van der Waals surface area (Å²) in [5.41, 5.74) is 1.69. The lowest BCUT2D eigenvalue weighted by Gasteiger charge is -2.20. The maximum Gasteiger partial charge on any atom is 0.262 e. The highest BCUT2D eigenvalue weighted by Crippen LogP contribution is 2.33. The van der Waals surface area contributed by atoms with Gasteiger partial charge in [0, 0.05) is 11.8 Å². The van der Waals surface area contributed by atoms with Crippen molar-refractivity contribution in [3.63, 3.8) is 0 Å². The van der Waals surface area contributed by atoms with Gasteiger partial charge in [0.15, 0.2) is 11.5 Å². The summed E-state index contributed by atoms with van der Waals surface area (Å²) in [5.74, 6) is 1.02. The summed E-state index contributed by atoms with van der Waals surface area (Å²) >= 11 is 0. The highest BCUT2D eigenvalue weighted by atomic mass is 32.2. The number of hydrogen-bond acceptors (Lipinski definition) is 4. The first-order valence-corrected chi connectivity index (χ1v) is 9.27. The van der Waals surface area contributed by atoms with Gasteiger partial charge in [-0.3, -0.25) is 4.72 Å². The quantitative estimate of drug-likeness (QED) is 0.922. The van der Waals surface area contributed by atoms with Crippen LogP contribution in [0.2, 0.25) is 0 Å². The Balaban J connectivity index is 1.83. The number of sulfonamides is 1. The number of hydrogen-bond donors (Lipinski definition) is 1. The molecule has 24 heavy (non-hydrogen) atoms. The standard InChI is InChI=1S/C18H21NO4S/c1-18(2,3)13-4-6-14(7-5-13)19-24(20,21)15-8-9-16-17(12-15)23-11-10-22-16/h4-9,12,19H,10-11H2,1-3H3. The smallest absolute Gasteiger partial charge is 0.262 e. The second kappa shape index (κ2) is 6.02. The lowest BCUT2D eigenvalue weighted by atomic mass is 9.87. The number of benzene rings is 2. The van der Waals surface area contributed by atoms with Crippen molar-refractivity contribution in [2.45, 2.75) is 31.1 Å². The lowest BCUT2D eigenvalue weighted by Crippen LogP contribution is -2.17. The van der Waals surface area contributed by atoms with Crippen LogP contribution < -0.4 is 14.2 Å². The lowest BCUT2D eigenvalue weighted by molar-refractivity contribution is 0.171. The summed E-state index contributed by atoms with van der Waals surface area (Å²) in [7, 11) is -3.68. The van der Waals surface area contributed by atoms with Gasteiger partial charge in [0.25, 0.3) is 10.0 Å². The molecule has 6 heteroatoms. The van der Waals surface area contributed by atoms with E-state index in [1.807, 2.05) is 12.1 Å². The average molecular weight is 347 g/mol. The molecule has 1 aliphatic heterocycles. The Morgan fingerprint density at radius 1 is 0.917 bits per heavy atom. The molecule has 0 aliphatic carbocycles. The van der Waals surface area contributed by atoms with E-state index in [1.165, 1.54) is 12.1 Å². The van der Waals surface area contributed by atoms with Crippen molar-refractivity contribution in [2.75, 3.05) is 17.9 Å². The maximum absolute atomic E-state index is 12.6. The molecule has 1 heterocycles. The molecule has 0 atom stereocenters. The van der Waals surface area contributed by atoms with Crippen LogP contribution in [0.3, 0.4) is 0 Å². The fraction of sp³-hybridized carbons (Fsp3) is 0.333. The van der Waals surface area contributed by atoms with Crippen LogP contribution in [-0.4, -0.2) is 21.6 Å². The van der Waals surface area contributed by atoms with Gasteiger partial charge in [0.2, 0.25) is 0 Å². The Labute approximate surface area is 142 Å². The third-order valence-corrected chi connectivity index (χ3v) is 5.21. The van der Waals surface area contributed by atoms with E-state index in [-0.39, 0.29) is 10.3 Å². The summed E-state index contributed by atoms with van der Waals surface area (Å²) in [4.78, 5) is 0.145. The second-order valence-corrected chi connectivity index (χ2v) is 8.42. The van der Waals surface area contributed by atoms with E-state index < -0.39 is 10.0 Å². The maximum atomic E-state index is 12.6. The number of ether oxygens (including phenoxy) is 2. The van der Waals surface area contributed by atoms with Crippen molar-refractivity contribution < 1.29 is 17.9 Å². The molecule has 0 saturated carbocycles.